The van der Waals surface area contributed by atoms with Gasteiger partial charge in [0.1, 0.15) is 5.76 Å². The Balaban J connectivity index is 1.48. The molecular weight excluding hydrogens is 346 g/mol. The standard InChI is InChI=1S/C20H21N3O2S/c1-2-14-5-7-15(8-6-14)21-20-22-19(24)17(26-20)13-16-9-10-18(25-16)23-11-3-4-12-23/h5-10,13H,2-4,11-12H2,1H3,(H,21,22,24). The summed E-state index contributed by atoms with van der Waals surface area (Å²) in [5, 5.41) is 3.41. The average molecular weight is 367 g/mol. The van der Waals surface area contributed by atoms with Gasteiger partial charge < -0.3 is 14.6 Å². The predicted molar refractivity (Wildman–Crippen MR) is 107 cm³/mol. The number of thioether (sulfide) groups is 1. The third-order valence-corrected chi connectivity index (χ3v) is 5.44. The predicted octanol–water partition coefficient (Wildman–Crippen LogP) is 4.33. The molecule has 2 aliphatic rings. The summed E-state index contributed by atoms with van der Waals surface area (Å²) in [5.41, 5.74) is 2.10. The van der Waals surface area contributed by atoms with Crippen LogP contribution < -0.4 is 10.2 Å². The van der Waals surface area contributed by atoms with Gasteiger partial charge >= 0.3 is 0 Å². The Hall–Kier alpha value is -2.47. The highest BCUT2D eigenvalue weighted by Crippen LogP contribution is 2.30. The van der Waals surface area contributed by atoms with E-state index in [1.807, 2.05) is 24.3 Å². The number of carbonyl (C=O) groups excluding carboxylic acids is 1. The number of amides is 1. The van der Waals surface area contributed by atoms with Crippen molar-refractivity contribution in [2.24, 2.45) is 4.99 Å². The molecule has 26 heavy (non-hydrogen) atoms. The minimum Gasteiger partial charge on any atom is -0.441 e. The zero-order chi connectivity index (χ0) is 17.9. The zero-order valence-electron chi connectivity index (χ0n) is 14.7. The van der Waals surface area contributed by atoms with Crippen molar-refractivity contribution in [3.05, 3.63) is 52.6 Å². The number of benzene rings is 1. The van der Waals surface area contributed by atoms with Crippen LogP contribution in [0.25, 0.3) is 6.08 Å². The van der Waals surface area contributed by atoms with Crippen LogP contribution in [0.5, 0.6) is 0 Å². The quantitative estimate of drug-likeness (QED) is 0.817. The second kappa shape index (κ2) is 7.41. The highest BCUT2D eigenvalue weighted by Gasteiger charge is 2.24. The first-order valence-electron chi connectivity index (χ1n) is 8.94. The van der Waals surface area contributed by atoms with Gasteiger partial charge in [0.15, 0.2) is 11.1 Å². The molecule has 2 aromatic rings. The van der Waals surface area contributed by atoms with Crippen LogP contribution in [0.2, 0.25) is 0 Å². The third kappa shape index (κ3) is 3.70. The molecule has 0 unspecified atom stereocenters. The molecule has 0 bridgehead atoms. The Kier molecular flexibility index (Phi) is 4.84. The fourth-order valence-electron chi connectivity index (χ4n) is 3.06. The lowest BCUT2D eigenvalue weighted by atomic mass is 10.2. The van der Waals surface area contributed by atoms with Crippen LogP contribution in [0.3, 0.4) is 0 Å². The molecule has 134 valence electrons. The van der Waals surface area contributed by atoms with Crippen molar-refractivity contribution >= 4 is 40.5 Å². The summed E-state index contributed by atoms with van der Waals surface area (Å²) in [6.07, 6.45) is 5.18. The van der Waals surface area contributed by atoms with E-state index in [0.717, 1.165) is 31.1 Å². The molecule has 3 heterocycles. The van der Waals surface area contributed by atoms with Gasteiger partial charge in [0.2, 0.25) is 0 Å². The number of hydrogen-bond acceptors (Lipinski definition) is 5. The highest BCUT2D eigenvalue weighted by molar-refractivity contribution is 8.18. The number of anilines is 1. The van der Waals surface area contributed by atoms with Crippen LogP contribution in [-0.4, -0.2) is 24.2 Å². The van der Waals surface area contributed by atoms with Crippen molar-refractivity contribution in [2.45, 2.75) is 26.2 Å². The van der Waals surface area contributed by atoms with Crippen LogP contribution in [0, 0.1) is 0 Å². The number of nitrogens with one attached hydrogen (secondary N) is 1. The Labute approximate surface area is 157 Å². The summed E-state index contributed by atoms with van der Waals surface area (Å²) < 4.78 is 5.87. The molecule has 1 aromatic carbocycles. The molecule has 5 nitrogen and oxygen atoms in total. The summed E-state index contributed by atoms with van der Waals surface area (Å²) in [6, 6.07) is 11.9. The molecular formula is C20H21N3O2S. The summed E-state index contributed by atoms with van der Waals surface area (Å²) in [6.45, 7) is 4.19. The van der Waals surface area contributed by atoms with Crippen LogP contribution in [0.15, 0.2) is 50.7 Å². The van der Waals surface area contributed by atoms with Gasteiger partial charge in [-0.2, -0.15) is 0 Å². The number of hydrogen-bond donors (Lipinski definition) is 1. The first-order chi connectivity index (χ1) is 12.7. The molecule has 1 aromatic heterocycles. The van der Waals surface area contributed by atoms with Crippen molar-refractivity contribution in [3.63, 3.8) is 0 Å². The molecule has 2 saturated heterocycles. The first-order valence-corrected chi connectivity index (χ1v) is 9.76. The number of furan rings is 1. The Morgan fingerprint density at radius 3 is 2.69 bits per heavy atom. The van der Waals surface area contributed by atoms with E-state index in [1.54, 1.807) is 6.08 Å². The normalized spacial score (nSPS) is 20.3. The Morgan fingerprint density at radius 2 is 1.96 bits per heavy atom. The molecule has 1 N–H and O–H groups in total. The van der Waals surface area contributed by atoms with Gasteiger partial charge in [0.05, 0.1) is 10.6 Å². The monoisotopic (exact) mass is 367 g/mol. The van der Waals surface area contributed by atoms with Gasteiger partial charge in [-0.15, -0.1) is 0 Å². The maximum absolute atomic E-state index is 12.2. The summed E-state index contributed by atoms with van der Waals surface area (Å²) in [5.74, 6) is 1.43. The van der Waals surface area contributed by atoms with Crippen molar-refractivity contribution in [1.29, 1.82) is 0 Å². The summed E-state index contributed by atoms with van der Waals surface area (Å²) in [7, 11) is 0. The fraction of sp³-hybridized carbons (Fsp3) is 0.300. The number of carbonyl (C=O) groups is 1. The second-order valence-electron chi connectivity index (χ2n) is 6.37. The molecule has 0 radical (unpaired) electrons. The number of aliphatic imine (C=N–C) groups is 1. The largest absolute Gasteiger partial charge is 0.441 e. The van der Waals surface area contributed by atoms with Gasteiger partial charge in [-0.05, 0) is 54.8 Å². The Bertz CT molecular complexity index is 861. The van der Waals surface area contributed by atoms with Crippen molar-refractivity contribution in [2.75, 3.05) is 18.0 Å². The number of rotatable bonds is 4. The van der Waals surface area contributed by atoms with E-state index in [-0.39, 0.29) is 5.91 Å². The topological polar surface area (TPSA) is 57.8 Å². The van der Waals surface area contributed by atoms with E-state index in [1.165, 1.54) is 30.2 Å². The summed E-state index contributed by atoms with van der Waals surface area (Å²) in [4.78, 5) is 19.5. The smallest absolute Gasteiger partial charge is 0.264 e. The van der Waals surface area contributed by atoms with Crippen LogP contribution in [-0.2, 0) is 11.2 Å². The SMILES string of the molecule is CCc1ccc(N=C2NC(=O)C(=Cc3ccc(N4CCCC4)o3)S2)cc1. The molecule has 4 rings (SSSR count). The number of aryl methyl sites for hydroxylation is 1. The van der Waals surface area contributed by atoms with E-state index in [0.29, 0.717) is 15.8 Å². The van der Waals surface area contributed by atoms with Gasteiger partial charge in [0, 0.05) is 25.2 Å². The van der Waals surface area contributed by atoms with Crippen molar-refractivity contribution in [3.8, 4) is 0 Å². The van der Waals surface area contributed by atoms with E-state index < -0.39 is 0 Å². The minimum absolute atomic E-state index is 0.141. The lowest BCUT2D eigenvalue weighted by Crippen LogP contribution is -2.19. The Morgan fingerprint density at radius 1 is 1.19 bits per heavy atom. The molecule has 2 aliphatic heterocycles. The minimum atomic E-state index is -0.141. The lowest BCUT2D eigenvalue weighted by molar-refractivity contribution is -0.115. The molecule has 0 saturated carbocycles. The second-order valence-corrected chi connectivity index (χ2v) is 7.40. The molecule has 0 spiro atoms. The maximum atomic E-state index is 12.2. The van der Waals surface area contributed by atoms with Crippen LogP contribution in [0.4, 0.5) is 11.6 Å². The van der Waals surface area contributed by atoms with Gasteiger partial charge in [-0.1, -0.05) is 19.1 Å². The highest BCUT2D eigenvalue weighted by atomic mass is 32.2. The molecule has 0 atom stereocenters. The van der Waals surface area contributed by atoms with E-state index in [2.05, 4.69) is 34.3 Å². The average Bonchev–Trinajstić information content (AvgIpc) is 3.38. The molecule has 0 aliphatic carbocycles. The van der Waals surface area contributed by atoms with Gasteiger partial charge in [-0.3, -0.25) is 4.79 Å². The van der Waals surface area contributed by atoms with Crippen molar-refractivity contribution < 1.29 is 9.21 Å². The van der Waals surface area contributed by atoms with Gasteiger partial charge in [-0.25, -0.2) is 4.99 Å². The summed E-state index contributed by atoms with van der Waals surface area (Å²) >= 11 is 1.34. The number of amidine groups is 1. The van der Waals surface area contributed by atoms with Crippen LogP contribution in [0.1, 0.15) is 31.1 Å². The first kappa shape index (κ1) is 17.0. The zero-order valence-corrected chi connectivity index (χ0v) is 15.5. The van der Waals surface area contributed by atoms with E-state index >= 15 is 0 Å². The van der Waals surface area contributed by atoms with Crippen molar-refractivity contribution in [1.82, 2.24) is 5.32 Å². The maximum Gasteiger partial charge on any atom is 0.264 e. The molecule has 2 fully saturated rings. The van der Waals surface area contributed by atoms with Gasteiger partial charge in [0.25, 0.3) is 5.91 Å². The molecule has 1 amide bonds. The van der Waals surface area contributed by atoms with E-state index in [4.69, 9.17) is 4.42 Å². The van der Waals surface area contributed by atoms with E-state index in [9.17, 15) is 4.79 Å². The lowest BCUT2D eigenvalue weighted by Gasteiger charge is -2.12. The molecule has 6 heteroatoms. The van der Waals surface area contributed by atoms with Crippen LogP contribution >= 0.6 is 11.8 Å². The third-order valence-electron chi connectivity index (χ3n) is 4.53. The number of nitrogens with zero attached hydrogens (tertiary/aromatic N) is 2. The fourth-order valence-corrected chi connectivity index (χ4v) is 3.88.